The maximum Gasteiger partial charge on any atom is 0.171 e. The van der Waals surface area contributed by atoms with Crippen molar-refractivity contribution in [2.45, 2.75) is 26.0 Å². The van der Waals surface area contributed by atoms with Crippen molar-refractivity contribution >= 4 is 5.78 Å². The molecule has 5 nitrogen and oxygen atoms in total. The molecule has 1 fully saturated rings. The highest BCUT2D eigenvalue weighted by Crippen LogP contribution is 2.20. The molecule has 2 rings (SSSR count). The van der Waals surface area contributed by atoms with Gasteiger partial charge in [-0.1, -0.05) is 0 Å². The van der Waals surface area contributed by atoms with Gasteiger partial charge in [0.25, 0.3) is 0 Å². The molecule has 18 heavy (non-hydrogen) atoms. The minimum atomic E-state index is -0.277. The van der Waals surface area contributed by atoms with E-state index in [-0.39, 0.29) is 23.8 Å². The molecule has 0 saturated carbocycles. The molecule has 1 aromatic heterocycles. The number of ketones is 1. The SMILES string of the molecule is CC(C)Oc1cncc(C(=O)C2COCC2N)c1. The average Bonchev–Trinajstić information content (AvgIpc) is 2.74. The molecule has 2 unspecified atom stereocenters. The van der Waals surface area contributed by atoms with Gasteiger partial charge < -0.3 is 15.2 Å². The van der Waals surface area contributed by atoms with Crippen LogP contribution in [0.25, 0.3) is 0 Å². The van der Waals surface area contributed by atoms with Gasteiger partial charge in [0.1, 0.15) is 5.75 Å². The molecular formula is C13H18N2O3. The number of carbonyl (C=O) groups excluding carboxylic acids is 1. The standard InChI is InChI=1S/C13H18N2O3/c1-8(2)18-10-3-9(4-15-5-10)13(16)11-6-17-7-12(11)14/h3-5,8,11-12H,6-7,14H2,1-2H3. The third kappa shape index (κ3) is 2.86. The lowest BCUT2D eigenvalue weighted by Gasteiger charge is -2.13. The molecule has 0 aliphatic carbocycles. The Balaban J connectivity index is 2.15. The van der Waals surface area contributed by atoms with E-state index in [0.717, 1.165) is 0 Å². The summed E-state index contributed by atoms with van der Waals surface area (Å²) >= 11 is 0. The van der Waals surface area contributed by atoms with Crippen LogP contribution < -0.4 is 10.5 Å². The summed E-state index contributed by atoms with van der Waals surface area (Å²) < 4.78 is 10.7. The zero-order valence-electron chi connectivity index (χ0n) is 10.6. The maximum absolute atomic E-state index is 12.2. The van der Waals surface area contributed by atoms with E-state index in [0.29, 0.717) is 24.5 Å². The summed E-state index contributed by atoms with van der Waals surface area (Å²) in [5.74, 6) is 0.297. The molecule has 5 heteroatoms. The Labute approximate surface area is 106 Å². The van der Waals surface area contributed by atoms with Gasteiger partial charge in [-0.05, 0) is 19.9 Å². The van der Waals surface area contributed by atoms with Crippen LogP contribution in [0, 0.1) is 5.92 Å². The molecule has 2 heterocycles. The number of hydrogen-bond donors (Lipinski definition) is 1. The van der Waals surface area contributed by atoms with E-state index in [1.54, 1.807) is 18.5 Å². The minimum Gasteiger partial charge on any atom is -0.489 e. The molecule has 1 saturated heterocycles. The van der Waals surface area contributed by atoms with E-state index in [9.17, 15) is 4.79 Å². The Bertz CT molecular complexity index is 434. The van der Waals surface area contributed by atoms with Crippen molar-refractivity contribution < 1.29 is 14.3 Å². The number of pyridine rings is 1. The number of nitrogens with two attached hydrogens (primary N) is 1. The Morgan fingerprint density at radius 3 is 2.89 bits per heavy atom. The highest BCUT2D eigenvalue weighted by atomic mass is 16.5. The predicted octanol–water partition coefficient (Wildman–Crippen LogP) is 1.03. The number of hydrogen-bond acceptors (Lipinski definition) is 5. The molecule has 0 spiro atoms. The molecule has 0 radical (unpaired) electrons. The van der Waals surface area contributed by atoms with Gasteiger partial charge >= 0.3 is 0 Å². The van der Waals surface area contributed by atoms with Crippen LogP contribution in [-0.2, 0) is 4.74 Å². The van der Waals surface area contributed by atoms with Crippen molar-refractivity contribution in [3.63, 3.8) is 0 Å². The molecule has 2 atom stereocenters. The quantitative estimate of drug-likeness (QED) is 0.808. The monoisotopic (exact) mass is 250 g/mol. The number of carbonyl (C=O) groups is 1. The Morgan fingerprint density at radius 1 is 1.50 bits per heavy atom. The Hall–Kier alpha value is -1.46. The lowest BCUT2D eigenvalue weighted by molar-refractivity contribution is 0.0895. The fourth-order valence-electron chi connectivity index (χ4n) is 1.95. The van der Waals surface area contributed by atoms with Crippen LogP contribution in [0.2, 0.25) is 0 Å². The van der Waals surface area contributed by atoms with Gasteiger partial charge in [-0.25, -0.2) is 0 Å². The maximum atomic E-state index is 12.2. The molecule has 98 valence electrons. The average molecular weight is 250 g/mol. The number of rotatable bonds is 4. The number of ether oxygens (including phenoxy) is 2. The first kappa shape index (κ1) is 13.0. The normalized spacial score (nSPS) is 23.3. The van der Waals surface area contributed by atoms with Gasteiger partial charge in [-0.3, -0.25) is 9.78 Å². The smallest absolute Gasteiger partial charge is 0.171 e. The van der Waals surface area contributed by atoms with Gasteiger partial charge in [0.05, 0.1) is 31.4 Å². The zero-order chi connectivity index (χ0) is 13.1. The van der Waals surface area contributed by atoms with E-state index in [1.165, 1.54) is 0 Å². The second-order valence-corrected chi connectivity index (χ2v) is 4.75. The highest BCUT2D eigenvalue weighted by molar-refractivity contribution is 5.98. The summed E-state index contributed by atoms with van der Waals surface area (Å²) in [6, 6.07) is 1.48. The fourth-order valence-corrected chi connectivity index (χ4v) is 1.95. The van der Waals surface area contributed by atoms with Crippen LogP contribution in [0.5, 0.6) is 5.75 Å². The summed E-state index contributed by atoms with van der Waals surface area (Å²) in [5.41, 5.74) is 6.37. The zero-order valence-corrected chi connectivity index (χ0v) is 10.6. The lowest BCUT2D eigenvalue weighted by Crippen LogP contribution is -2.34. The summed E-state index contributed by atoms with van der Waals surface area (Å²) in [7, 11) is 0. The van der Waals surface area contributed by atoms with Crippen LogP contribution in [0.3, 0.4) is 0 Å². The van der Waals surface area contributed by atoms with Crippen LogP contribution >= 0.6 is 0 Å². The van der Waals surface area contributed by atoms with Gasteiger partial charge in [-0.2, -0.15) is 0 Å². The fraction of sp³-hybridized carbons (Fsp3) is 0.538. The molecular weight excluding hydrogens is 232 g/mol. The minimum absolute atomic E-state index is 0.0262. The Kier molecular flexibility index (Phi) is 3.93. The first-order valence-corrected chi connectivity index (χ1v) is 6.07. The van der Waals surface area contributed by atoms with Gasteiger partial charge in [0.2, 0.25) is 0 Å². The van der Waals surface area contributed by atoms with E-state index in [1.807, 2.05) is 13.8 Å². The predicted molar refractivity (Wildman–Crippen MR) is 66.6 cm³/mol. The summed E-state index contributed by atoms with van der Waals surface area (Å²) in [5, 5.41) is 0. The van der Waals surface area contributed by atoms with Gasteiger partial charge in [0, 0.05) is 17.8 Å². The van der Waals surface area contributed by atoms with Crippen molar-refractivity contribution in [3.05, 3.63) is 24.0 Å². The van der Waals surface area contributed by atoms with Crippen molar-refractivity contribution in [2.24, 2.45) is 11.7 Å². The van der Waals surface area contributed by atoms with Crippen LogP contribution in [0.4, 0.5) is 0 Å². The van der Waals surface area contributed by atoms with Crippen molar-refractivity contribution in [2.75, 3.05) is 13.2 Å². The van der Waals surface area contributed by atoms with Crippen molar-refractivity contribution in [1.29, 1.82) is 0 Å². The third-order valence-electron chi connectivity index (χ3n) is 2.83. The molecule has 0 amide bonds. The largest absolute Gasteiger partial charge is 0.489 e. The first-order chi connectivity index (χ1) is 8.58. The molecule has 0 bridgehead atoms. The van der Waals surface area contributed by atoms with Gasteiger partial charge in [0.15, 0.2) is 5.78 Å². The van der Waals surface area contributed by atoms with Gasteiger partial charge in [-0.15, -0.1) is 0 Å². The van der Waals surface area contributed by atoms with E-state index >= 15 is 0 Å². The van der Waals surface area contributed by atoms with Crippen LogP contribution in [0.1, 0.15) is 24.2 Å². The first-order valence-electron chi connectivity index (χ1n) is 6.07. The lowest BCUT2D eigenvalue weighted by atomic mass is 9.95. The number of Topliss-reactive ketones (excluding diaryl/α,β-unsaturated/α-hetero) is 1. The summed E-state index contributed by atoms with van der Waals surface area (Å²) in [6.45, 7) is 4.67. The van der Waals surface area contributed by atoms with E-state index in [4.69, 9.17) is 15.2 Å². The molecule has 1 aliphatic heterocycles. The topological polar surface area (TPSA) is 74.4 Å². The number of aromatic nitrogens is 1. The molecule has 2 N–H and O–H groups in total. The summed E-state index contributed by atoms with van der Waals surface area (Å²) in [4.78, 5) is 16.3. The highest BCUT2D eigenvalue weighted by Gasteiger charge is 2.32. The van der Waals surface area contributed by atoms with Crippen LogP contribution in [0.15, 0.2) is 18.5 Å². The summed E-state index contributed by atoms with van der Waals surface area (Å²) in [6.07, 6.45) is 3.19. The third-order valence-corrected chi connectivity index (χ3v) is 2.83. The second-order valence-electron chi connectivity index (χ2n) is 4.75. The molecule has 0 aromatic carbocycles. The van der Waals surface area contributed by atoms with Crippen LogP contribution in [-0.4, -0.2) is 36.1 Å². The molecule has 1 aliphatic rings. The Morgan fingerprint density at radius 2 is 2.28 bits per heavy atom. The second kappa shape index (κ2) is 5.46. The van der Waals surface area contributed by atoms with Crippen molar-refractivity contribution in [3.8, 4) is 5.75 Å². The number of nitrogens with zero attached hydrogens (tertiary/aromatic N) is 1. The molecule has 1 aromatic rings. The van der Waals surface area contributed by atoms with Crippen molar-refractivity contribution in [1.82, 2.24) is 4.98 Å². The van der Waals surface area contributed by atoms with E-state index < -0.39 is 0 Å². The van der Waals surface area contributed by atoms with E-state index in [2.05, 4.69) is 4.98 Å².